The summed E-state index contributed by atoms with van der Waals surface area (Å²) < 4.78 is 6.66. The van der Waals surface area contributed by atoms with E-state index in [0.717, 1.165) is 39.7 Å². The van der Waals surface area contributed by atoms with Crippen LogP contribution in [-0.4, -0.2) is 0 Å². The molecule has 0 amide bonds. The molecule has 0 unspecified atom stereocenters. The summed E-state index contributed by atoms with van der Waals surface area (Å²) in [6, 6.07) is 72.6. The maximum absolute atomic E-state index is 6.66. The summed E-state index contributed by atoms with van der Waals surface area (Å²) in [5.74, 6) is 1.79. The van der Waals surface area contributed by atoms with Gasteiger partial charge in [0.25, 0.3) is 0 Å². The van der Waals surface area contributed by atoms with E-state index in [0.29, 0.717) is 0 Å². The van der Waals surface area contributed by atoms with Crippen molar-refractivity contribution >= 4 is 38.6 Å². The van der Waals surface area contributed by atoms with E-state index in [1.807, 2.05) is 0 Å². The molecule has 11 rings (SSSR count). The molecule has 1 aliphatic heterocycles. The zero-order valence-corrected chi connectivity index (χ0v) is 28.9. The van der Waals surface area contributed by atoms with Crippen LogP contribution in [0.5, 0.6) is 11.5 Å². The first-order chi connectivity index (χ1) is 26.3. The van der Waals surface area contributed by atoms with Gasteiger partial charge < -0.3 is 9.64 Å². The third kappa shape index (κ3) is 4.33. The van der Waals surface area contributed by atoms with Crippen molar-refractivity contribution in [3.63, 3.8) is 0 Å². The van der Waals surface area contributed by atoms with Crippen molar-refractivity contribution in [1.82, 2.24) is 0 Å². The van der Waals surface area contributed by atoms with Gasteiger partial charge in [0.2, 0.25) is 0 Å². The first-order valence-electron chi connectivity index (χ1n) is 18.3. The molecule has 0 radical (unpaired) electrons. The van der Waals surface area contributed by atoms with Gasteiger partial charge in [0.15, 0.2) is 0 Å². The molecule has 9 aromatic carbocycles. The topological polar surface area (TPSA) is 12.5 Å². The second-order valence-corrected chi connectivity index (χ2v) is 14.0. The van der Waals surface area contributed by atoms with E-state index in [-0.39, 0.29) is 0 Å². The van der Waals surface area contributed by atoms with E-state index in [9.17, 15) is 0 Å². The Bertz CT molecular complexity index is 2820. The Kier molecular flexibility index (Phi) is 6.50. The first kappa shape index (κ1) is 29.8. The first-order valence-corrected chi connectivity index (χ1v) is 18.3. The molecule has 2 aliphatic rings. The third-order valence-electron chi connectivity index (χ3n) is 11.3. The number of hydrogen-bond acceptors (Lipinski definition) is 2. The Labute approximate surface area is 308 Å². The molecule has 1 spiro atoms. The van der Waals surface area contributed by atoms with Crippen molar-refractivity contribution < 1.29 is 4.74 Å². The fourth-order valence-corrected chi connectivity index (χ4v) is 9.09. The van der Waals surface area contributed by atoms with Crippen molar-refractivity contribution in [1.29, 1.82) is 0 Å². The summed E-state index contributed by atoms with van der Waals surface area (Å²) in [5, 5.41) is 5.01. The van der Waals surface area contributed by atoms with E-state index in [2.05, 4.69) is 205 Å². The van der Waals surface area contributed by atoms with Gasteiger partial charge in [-0.2, -0.15) is 0 Å². The molecule has 2 nitrogen and oxygen atoms in total. The highest BCUT2D eigenvalue weighted by Gasteiger charge is 2.51. The van der Waals surface area contributed by atoms with Crippen LogP contribution in [-0.2, 0) is 5.41 Å². The minimum atomic E-state index is -0.573. The van der Waals surface area contributed by atoms with Gasteiger partial charge in [0.05, 0.1) is 5.41 Å². The lowest BCUT2D eigenvalue weighted by molar-refractivity contribution is 0.436. The van der Waals surface area contributed by atoms with E-state index in [4.69, 9.17) is 4.74 Å². The van der Waals surface area contributed by atoms with Crippen LogP contribution in [0.4, 0.5) is 17.1 Å². The van der Waals surface area contributed by atoms with Crippen LogP contribution < -0.4 is 9.64 Å². The molecule has 53 heavy (non-hydrogen) atoms. The Balaban J connectivity index is 1.16. The molecule has 2 heteroatoms. The molecule has 248 valence electrons. The molecule has 0 saturated heterocycles. The van der Waals surface area contributed by atoms with Gasteiger partial charge >= 0.3 is 0 Å². The lowest BCUT2D eigenvalue weighted by Crippen LogP contribution is -2.32. The fourth-order valence-electron chi connectivity index (χ4n) is 9.09. The summed E-state index contributed by atoms with van der Waals surface area (Å²) in [7, 11) is 0. The summed E-state index contributed by atoms with van der Waals surface area (Å²) in [5.41, 5.74) is 12.6. The molecular formula is C51H33NO. The molecule has 9 aromatic rings. The highest BCUT2D eigenvalue weighted by atomic mass is 16.5. The average molecular weight is 676 g/mol. The lowest BCUT2D eigenvalue weighted by Gasteiger charge is -2.39. The predicted octanol–water partition coefficient (Wildman–Crippen LogP) is 13.6. The molecule has 0 saturated carbocycles. The largest absolute Gasteiger partial charge is 0.457 e. The van der Waals surface area contributed by atoms with Crippen LogP contribution >= 0.6 is 0 Å². The normalized spacial score (nSPS) is 13.2. The van der Waals surface area contributed by atoms with Crippen LogP contribution in [0.2, 0.25) is 0 Å². The van der Waals surface area contributed by atoms with Crippen molar-refractivity contribution in [2.45, 2.75) is 5.41 Å². The monoisotopic (exact) mass is 675 g/mol. The minimum absolute atomic E-state index is 0.573. The number of anilines is 3. The number of benzene rings is 9. The maximum atomic E-state index is 6.66. The zero-order chi connectivity index (χ0) is 34.9. The van der Waals surface area contributed by atoms with Gasteiger partial charge in [-0.25, -0.2) is 0 Å². The van der Waals surface area contributed by atoms with Crippen molar-refractivity contribution in [2.24, 2.45) is 0 Å². The third-order valence-corrected chi connectivity index (χ3v) is 11.3. The highest BCUT2D eigenvalue weighted by molar-refractivity contribution is 6.05. The summed E-state index contributed by atoms with van der Waals surface area (Å²) in [4.78, 5) is 2.39. The smallest absolute Gasteiger partial charge is 0.132 e. The fraction of sp³-hybridized carbons (Fsp3) is 0.0196. The van der Waals surface area contributed by atoms with Crippen molar-refractivity contribution in [2.75, 3.05) is 4.90 Å². The van der Waals surface area contributed by atoms with Crippen LogP contribution in [0.1, 0.15) is 22.3 Å². The van der Waals surface area contributed by atoms with Gasteiger partial charge in [-0.1, -0.05) is 152 Å². The van der Waals surface area contributed by atoms with E-state index >= 15 is 0 Å². The molecule has 0 atom stereocenters. The van der Waals surface area contributed by atoms with Crippen LogP contribution in [0.3, 0.4) is 0 Å². The number of rotatable bonds is 4. The molecule has 0 fully saturated rings. The molecule has 0 aromatic heterocycles. The second-order valence-electron chi connectivity index (χ2n) is 14.0. The van der Waals surface area contributed by atoms with E-state index in [1.54, 1.807) is 0 Å². The molecular weight excluding hydrogens is 643 g/mol. The van der Waals surface area contributed by atoms with Crippen molar-refractivity contribution in [3.8, 4) is 33.8 Å². The Morgan fingerprint density at radius 2 is 0.943 bits per heavy atom. The van der Waals surface area contributed by atoms with Gasteiger partial charge in [-0.05, 0) is 103 Å². The summed E-state index contributed by atoms with van der Waals surface area (Å²) in [6.07, 6.45) is 0. The Morgan fingerprint density at radius 1 is 0.358 bits per heavy atom. The molecule has 1 heterocycles. The maximum Gasteiger partial charge on any atom is 0.132 e. The number of para-hydroxylation sites is 3. The van der Waals surface area contributed by atoms with Crippen LogP contribution in [0, 0.1) is 0 Å². The van der Waals surface area contributed by atoms with Crippen molar-refractivity contribution in [3.05, 3.63) is 222 Å². The average Bonchev–Trinajstić information content (AvgIpc) is 3.52. The predicted molar refractivity (Wildman–Crippen MR) is 219 cm³/mol. The Morgan fingerprint density at radius 3 is 1.70 bits per heavy atom. The van der Waals surface area contributed by atoms with Crippen LogP contribution in [0.25, 0.3) is 43.8 Å². The summed E-state index contributed by atoms with van der Waals surface area (Å²) >= 11 is 0. The van der Waals surface area contributed by atoms with Gasteiger partial charge in [0, 0.05) is 28.2 Å². The number of fused-ring (bicyclic) bond motifs is 12. The van der Waals surface area contributed by atoms with Crippen LogP contribution in [0.15, 0.2) is 200 Å². The SMILES string of the molecule is c1ccc(N(c2ccc(-c3cccc4ccccc34)cc2)c2ccc3c(c2)C2(c4ccccc4Oc4ccccc42)c2ccc4ccccc4c2-3)cc1. The Hall–Kier alpha value is -6.90. The quantitative estimate of drug-likeness (QED) is 0.184. The van der Waals surface area contributed by atoms with Gasteiger partial charge in [-0.15, -0.1) is 0 Å². The van der Waals surface area contributed by atoms with Gasteiger partial charge in [0.1, 0.15) is 11.5 Å². The highest BCUT2D eigenvalue weighted by Crippen LogP contribution is 2.63. The number of hydrogen-bond donors (Lipinski definition) is 0. The van der Waals surface area contributed by atoms with E-state index in [1.165, 1.54) is 54.9 Å². The minimum Gasteiger partial charge on any atom is -0.457 e. The molecule has 0 N–H and O–H groups in total. The molecule has 0 bridgehead atoms. The number of nitrogens with zero attached hydrogens (tertiary/aromatic N) is 1. The molecule has 1 aliphatic carbocycles. The van der Waals surface area contributed by atoms with E-state index < -0.39 is 5.41 Å². The summed E-state index contributed by atoms with van der Waals surface area (Å²) in [6.45, 7) is 0. The lowest BCUT2D eigenvalue weighted by atomic mass is 9.66. The number of ether oxygens (including phenoxy) is 1. The zero-order valence-electron chi connectivity index (χ0n) is 28.9. The second kappa shape index (κ2) is 11.6. The van der Waals surface area contributed by atoms with Gasteiger partial charge in [-0.3, -0.25) is 0 Å². The standard InChI is InChI=1S/C51H33NO/c1-2-16-37(17-3-1)52(38-28-25-36(26-29-38)41-20-12-15-34-13-4-6-18-40(34)41)39-30-31-43-47(33-39)51(46-32-27-35-14-5-7-19-42(35)50(43)46)44-21-8-10-23-48(44)53-49-24-11-9-22-45(49)51/h1-33H.